The highest BCUT2D eigenvalue weighted by Gasteiger charge is 2.54. The predicted octanol–water partition coefficient (Wildman–Crippen LogP) is 3.07. The van der Waals surface area contributed by atoms with Crippen LogP contribution < -0.4 is 16.2 Å². The van der Waals surface area contributed by atoms with Crippen LogP contribution in [0.5, 0.6) is 0 Å². The molecule has 29 heavy (non-hydrogen) atoms. The van der Waals surface area contributed by atoms with Crippen LogP contribution in [0.2, 0.25) is 0 Å². The van der Waals surface area contributed by atoms with Crippen molar-refractivity contribution in [2.75, 3.05) is 0 Å². The summed E-state index contributed by atoms with van der Waals surface area (Å²) in [6, 6.07) is -0.624. The maximum atomic E-state index is 13.0. The SMILES string of the molecule is CC(C)[C@H](NC(=O)C1CCCCC1)C(=O)NNC(=O)C12CC3CC(CC(C3)C1)C2. The molecule has 6 nitrogen and oxygen atoms in total. The molecule has 0 aliphatic heterocycles. The maximum Gasteiger partial charge on any atom is 0.261 e. The van der Waals surface area contributed by atoms with Gasteiger partial charge in [0, 0.05) is 5.92 Å². The van der Waals surface area contributed by atoms with Crippen molar-refractivity contribution in [3.63, 3.8) is 0 Å². The van der Waals surface area contributed by atoms with Crippen LogP contribution in [0.15, 0.2) is 0 Å². The van der Waals surface area contributed by atoms with Crippen molar-refractivity contribution in [2.24, 2.45) is 35.0 Å². The van der Waals surface area contributed by atoms with Crippen molar-refractivity contribution >= 4 is 17.7 Å². The van der Waals surface area contributed by atoms with Gasteiger partial charge >= 0.3 is 0 Å². The highest BCUT2D eigenvalue weighted by molar-refractivity contribution is 5.91. The fourth-order valence-corrected chi connectivity index (χ4v) is 6.89. The molecular formula is C23H37N3O3. The Morgan fingerprint density at radius 2 is 1.38 bits per heavy atom. The van der Waals surface area contributed by atoms with E-state index in [0.717, 1.165) is 44.9 Å². The molecule has 0 spiro atoms. The zero-order valence-electron chi connectivity index (χ0n) is 18.0. The Kier molecular flexibility index (Phi) is 5.90. The van der Waals surface area contributed by atoms with E-state index in [-0.39, 0.29) is 35.0 Å². The second-order valence-electron chi connectivity index (χ2n) is 10.7. The Balaban J connectivity index is 1.32. The lowest BCUT2D eigenvalue weighted by molar-refractivity contribution is -0.149. The molecule has 5 fully saturated rings. The van der Waals surface area contributed by atoms with E-state index in [2.05, 4.69) is 16.2 Å². The molecule has 0 aromatic rings. The summed E-state index contributed by atoms with van der Waals surface area (Å²) in [4.78, 5) is 38.5. The van der Waals surface area contributed by atoms with E-state index in [0.29, 0.717) is 17.8 Å². The van der Waals surface area contributed by atoms with Gasteiger partial charge in [-0.25, -0.2) is 0 Å². The van der Waals surface area contributed by atoms with Gasteiger partial charge in [0.15, 0.2) is 0 Å². The van der Waals surface area contributed by atoms with Crippen molar-refractivity contribution in [2.45, 2.75) is 90.5 Å². The number of carbonyl (C=O) groups excluding carboxylic acids is 3. The van der Waals surface area contributed by atoms with Crippen LogP contribution in [-0.4, -0.2) is 23.8 Å². The molecule has 0 heterocycles. The molecule has 3 N–H and O–H groups in total. The van der Waals surface area contributed by atoms with Crippen LogP contribution in [0.4, 0.5) is 0 Å². The molecule has 5 aliphatic carbocycles. The molecule has 5 saturated carbocycles. The summed E-state index contributed by atoms with van der Waals surface area (Å²) in [5.41, 5.74) is 5.09. The van der Waals surface area contributed by atoms with Crippen molar-refractivity contribution in [1.29, 1.82) is 0 Å². The quantitative estimate of drug-likeness (QED) is 0.617. The number of nitrogens with one attached hydrogen (secondary N) is 3. The monoisotopic (exact) mass is 403 g/mol. The molecule has 0 aromatic carbocycles. The average molecular weight is 404 g/mol. The minimum Gasteiger partial charge on any atom is -0.344 e. The molecule has 5 aliphatic rings. The summed E-state index contributed by atoms with van der Waals surface area (Å²) in [5, 5.41) is 2.94. The first-order valence-corrected chi connectivity index (χ1v) is 11.8. The number of hydrazine groups is 1. The molecule has 0 saturated heterocycles. The maximum absolute atomic E-state index is 13.0. The first-order chi connectivity index (χ1) is 13.9. The van der Waals surface area contributed by atoms with E-state index in [1.807, 2.05) is 13.8 Å². The van der Waals surface area contributed by atoms with Crippen LogP contribution in [0.25, 0.3) is 0 Å². The highest BCUT2D eigenvalue weighted by atomic mass is 16.2. The zero-order valence-corrected chi connectivity index (χ0v) is 18.0. The third kappa shape index (κ3) is 4.31. The average Bonchev–Trinajstić information content (AvgIpc) is 2.69. The van der Waals surface area contributed by atoms with Crippen molar-refractivity contribution in [1.82, 2.24) is 16.2 Å². The van der Waals surface area contributed by atoms with Crippen molar-refractivity contribution in [3.8, 4) is 0 Å². The summed E-state index contributed by atoms with van der Waals surface area (Å²) in [7, 11) is 0. The summed E-state index contributed by atoms with van der Waals surface area (Å²) >= 11 is 0. The van der Waals surface area contributed by atoms with E-state index in [1.165, 1.54) is 25.7 Å². The topological polar surface area (TPSA) is 87.3 Å². The minimum atomic E-state index is -0.624. The Morgan fingerprint density at radius 1 is 0.828 bits per heavy atom. The molecule has 5 rings (SSSR count). The van der Waals surface area contributed by atoms with Crippen LogP contribution in [0.3, 0.4) is 0 Å². The van der Waals surface area contributed by atoms with E-state index in [4.69, 9.17) is 0 Å². The Bertz CT molecular complexity index is 618. The molecular weight excluding hydrogens is 366 g/mol. The Hall–Kier alpha value is -1.59. The molecule has 0 radical (unpaired) electrons. The van der Waals surface area contributed by atoms with E-state index < -0.39 is 6.04 Å². The highest BCUT2D eigenvalue weighted by Crippen LogP contribution is 2.60. The second kappa shape index (κ2) is 8.27. The molecule has 162 valence electrons. The molecule has 3 amide bonds. The lowest BCUT2D eigenvalue weighted by Gasteiger charge is -2.55. The van der Waals surface area contributed by atoms with Gasteiger partial charge < -0.3 is 5.32 Å². The minimum absolute atomic E-state index is 0.0133. The lowest BCUT2D eigenvalue weighted by Crippen LogP contribution is -2.60. The molecule has 0 unspecified atom stereocenters. The normalized spacial score (nSPS) is 34.7. The van der Waals surface area contributed by atoms with Gasteiger partial charge in [0.05, 0.1) is 5.41 Å². The summed E-state index contributed by atoms with van der Waals surface area (Å²) in [6.45, 7) is 3.85. The fraction of sp³-hybridized carbons (Fsp3) is 0.870. The molecule has 1 atom stereocenters. The fourth-order valence-electron chi connectivity index (χ4n) is 6.89. The Labute approximate surface area is 174 Å². The van der Waals surface area contributed by atoms with Gasteiger partial charge in [0.1, 0.15) is 6.04 Å². The smallest absolute Gasteiger partial charge is 0.261 e. The van der Waals surface area contributed by atoms with Gasteiger partial charge in [-0.1, -0.05) is 33.1 Å². The lowest BCUT2D eigenvalue weighted by atomic mass is 9.49. The number of hydrogen-bond acceptors (Lipinski definition) is 3. The number of amides is 3. The van der Waals surface area contributed by atoms with Crippen LogP contribution in [0.1, 0.15) is 84.5 Å². The first-order valence-electron chi connectivity index (χ1n) is 11.8. The number of carbonyl (C=O) groups is 3. The van der Waals surface area contributed by atoms with E-state index in [1.54, 1.807) is 0 Å². The standard InChI is InChI=1S/C23H37N3O3/c1-14(2)19(24-20(27)18-6-4-3-5-7-18)21(28)25-26-22(29)23-11-15-8-16(12-23)10-17(9-15)13-23/h14-19H,3-13H2,1-2H3,(H,24,27)(H,25,28)(H,26,29)/t15?,16?,17?,19-,23?/m0/s1. The summed E-state index contributed by atoms with van der Waals surface area (Å²) in [6.07, 6.45) is 11.9. The first kappa shape index (κ1) is 20.7. The van der Waals surface area contributed by atoms with Gasteiger partial charge in [0.2, 0.25) is 11.8 Å². The van der Waals surface area contributed by atoms with Crippen LogP contribution >= 0.6 is 0 Å². The van der Waals surface area contributed by atoms with Crippen molar-refractivity contribution in [3.05, 3.63) is 0 Å². The van der Waals surface area contributed by atoms with E-state index in [9.17, 15) is 14.4 Å². The van der Waals surface area contributed by atoms with Gasteiger partial charge in [-0.05, 0) is 75.0 Å². The van der Waals surface area contributed by atoms with Crippen molar-refractivity contribution < 1.29 is 14.4 Å². The van der Waals surface area contributed by atoms with Crippen LogP contribution in [-0.2, 0) is 14.4 Å². The number of rotatable bonds is 5. The largest absolute Gasteiger partial charge is 0.344 e. The van der Waals surface area contributed by atoms with Gasteiger partial charge in [0.25, 0.3) is 5.91 Å². The van der Waals surface area contributed by atoms with Gasteiger partial charge in [-0.2, -0.15) is 0 Å². The summed E-state index contributed by atoms with van der Waals surface area (Å²) < 4.78 is 0. The third-order valence-corrected chi connectivity index (χ3v) is 8.04. The second-order valence-corrected chi connectivity index (χ2v) is 10.7. The Morgan fingerprint density at radius 3 is 1.90 bits per heavy atom. The molecule has 0 aromatic heterocycles. The summed E-state index contributed by atoms with van der Waals surface area (Å²) in [5.74, 6) is 1.65. The third-order valence-electron chi connectivity index (χ3n) is 8.04. The number of hydrogen-bond donors (Lipinski definition) is 3. The van der Waals surface area contributed by atoms with Gasteiger partial charge in [-0.3, -0.25) is 25.2 Å². The molecule has 6 heteroatoms. The molecule has 4 bridgehead atoms. The predicted molar refractivity (Wildman–Crippen MR) is 110 cm³/mol. The van der Waals surface area contributed by atoms with Crippen LogP contribution in [0, 0.1) is 35.0 Å². The van der Waals surface area contributed by atoms with Gasteiger partial charge in [-0.15, -0.1) is 0 Å². The zero-order chi connectivity index (χ0) is 20.6. The van der Waals surface area contributed by atoms with E-state index >= 15 is 0 Å².